The summed E-state index contributed by atoms with van der Waals surface area (Å²) in [5, 5.41) is 22.4. The Morgan fingerprint density at radius 1 is 0.633 bits per heavy atom. The molecule has 0 spiro atoms. The maximum Gasteiger partial charge on any atom is 0.303 e. The molecule has 2 aliphatic heterocycles. The average molecular weight is 683 g/mol. The summed E-state index contributed by atoms with van der Waals surface area (Å²) >= 11 is 0. The van der Waals surface area contributed by atoms with Gasteiger partial charge in [0.05, 0.1) is 33.0 Å². The van der Waals surface area contributed by atoms with E-state index in [0.717, 1.165) is 16.7 Å². The molecule has 12 heteroatoms. The minimum atomic E-state index is -1.52. The maximum absolute atomic E-state index is 12.0. The fraction of sp³-hybridized carbons (Fsp3) is 0.486. The first-order valence-corrected chi connectivity index (χ1v) is 16.3. The molecule has 266 valence electrons. The highest BCUT2D eigenvalue weighted by Gasteiger charge is 2.53. The quantitative estimate of drug-likeness (QED) is 0.215. The molecule has 3 aromatic rings. The molecule has 49 heavy (non-hydrogen) atoms. The van der Waals surface area contributed by atoms with Crippen LogP contribution in [0.5, 0.6) is 0 Å². The molecule has 10 atom stereocenters. The first kappa shape index (κ1) is 37.0. The summed E-state index contributed by atoms with van der Waals surface area (Å²) in [5.74, 6) is -0.636. The van der Waals surface area contributed by atoms with Crippen LogP contribution in [0.15, 0.2) is 91.0 Å². The van der Waals surface area contributed by atoms with Gasteiger partial charge in [-0.2, -0.15) is 0 Å². The van der Waals surface area contributed by atoms with E-state index in [9.17, 15) is 15.0 Å². The molecule has 0 bridgehead atoms. The van der Waals surface area contributed by atoms with Crippen LogP contribution in [0, 0.1) is 0 Å². The molecular weight excluding hydrogens is 636 g/mol. The molecule has 0 radical (unpaired) electrons. The minimum absolute atomic E-state index is 0.00845. The van der Waals surface area contributed by atoms with Gasteiger partial charge >= 0.3 is 5.97 Å². The Hall–Kier alpha value is -3.27. The topological polar surface area (TPSA) is 141 Å². The third-order valence-electron chi connectivity index (χ3n) is 8.44. The molecule has 2 aliphatic rings. The van der Waals surface area contributed by atoms with Crippen molar-refractivity contribution in [3.63, 3.8) is 0 Å². The number of hydrogen-bond acceptors (Lipinski definition) is 12. The number of aliphatic hydroxyl groups excluding tert-OH is 2. The van der Waals surface area contributed by atoms with Gasteiger partial charge in [-0.3, -0.25) is 4.79 Å². The highest BCUT2D eigenvalue weighted by atomic mass is 16.7. The zero-order chi connectivity index (χ0) is 34.6. The van der Waals surface area contributed by atoms with Crippen LogP contribution in [-0.2, 0) is 67.2 Å². The molecular formula is C37H46O12. The van der Waals surface area contributed by atoms with Crippen molar-refractivity contribution in [2.24, 2.45) is 0 Å². The highest BCUT2D eigenvalue weighted by Crippen LogP contribution is 2.33. The van der Waals surface area contributed by atoms with E-state index in [4.69, 9.17) is 42.6 Å². The van der Waals surface area contributed by atoms with Crippen molar-refractivity contribution in [1.82, 2.24) is 0 Å². The van der Waals surface area contributed by atoms with Crippen LogP contribution >= 0.6 is 0 Å². The van der Waals surface area contributed by atoms with E-state index in [1.807, 2.05) is 91.0 Å². The van der Waals surface area contributed by atoms with Gasteiger partial charge in [0, 0.05) is 21.1 Å². The van der Waals surface area contributed by atoms with Crippen LogP contribution < -0.4 is 0 Å². The van der Waals surface area contributed by atoms with Crippen molar-refractivity contribution in [2.75, 3.05) is 27.4 Å². The number of ether oxygens (including phenoxy) is 9. The molecule has 2 heterocycles. The van der Waals surface area contributed by atoms with Crippen LogP contribution in [0.4, 0.5) is 0 Å². The summed E-state index contributed by atoms with van der Waals surface area (Å²) in [5.41, 5.74) is 2.79. The Kier molecular flexibility index (Phi) is 14.1. The highest BCUT2D eigenvalue weighted by molar-refractivity contribution is 5.66. The van der Waals surface area contributed by atoms with Crippen LogP contribution in [0.3, 0.4) is 0 Å². The lowest BCUT2D eigenvalue weighted by Gasteiger charge is -2.48. The number of benzene rings is 3. The Morgan fingerprint density at radius 3 is 1.65 bits per heavy atom. The minimum Gasteiger partial charge on any atom is -0.454 e. The Bertz CT molecular complexity index is 1380. The van der Waals surface area contributed by atoms with Crippen molar-refractivity contribution in [3.8, 4) is 0 Å². The lowest BCUT2D eigenvalue weighted by molar-refractivity contribution is -0.365. The Morgan fingerprint density at radius 2 is 1.14 bits per heavy atom. The first-order chi connectivity index (χ1) is 23.9. The number of methoxy groups -OCH3 is 2. The van der Waals surface area contributed by atoms with E-state index in [0.29, 0.717) is 6.61 Å². The fourth-order valence-electron chi connectivity index (χ4n) is 6.02. The standard InChI is InChI=1S/C37H46O12/c1-24(38)46-34-33(42-3)31(29(47-36(34)40)23-44-20-26-15-9-5-10-16-26)49-37-35(45-21-27-17-11-6-12-18-27)32(41-2)30(39)28(48-37)22-43-19-25-13-7-4-8-14-25/h4-18,28-37,39-40H,19-23H2,1-3H3/t28-,29-,30-,31-,32+,33+,34-,35-,36-,37-/m1/s1. The van der Waals surface area contributed by atoms with Crippen molar-refractivity contribution in [3.05, 3.63) is 108 Å². The molecule has 0 aliphatic carbocycles. The van der Waals surface area contributed by atoms with Crippen LogP contribution in [0.2, 0.25) is 0 Å². The van der Waals surface area contributed by atoms with E-state index in [2.05, 4.69) is 0 Å². The van der Waals surface area contributed by atoms with Crippen molar-refractivity contribution in [1.29, 1.82) is 0 Å². The lowest BCUT2D eigenvalue weighted by Crippen LogP contribution is -2.66. The van der Waals surface area contributed by atoms with Crippen LogP contribution in [0.25, 0.3) is 0 Å². The number of esters is 1. The van der Waals surface area contributed by atoms with Gasteiger partial charge < -0.3 is 52.8 Å². The predicted octanol–water partition coefficient (Wildman–Crippen LogP) is 3.16. The van der Waals surface area contributed by atoms with Crippen molar-refractivity contribution < 1.29 is 57.6 Å². The SMILES string of the molecule is CO[C@@H]1[C@@H](OC(C)=O)[C@H](O)O[C@H](COCc2ccccc2)[C@H]1O[C@H]1O[C@H](COCc2ccccc2)[C@@H](O)[C@H](OC)[C@H]1OCc1ccccc1. The molecule has 0 amide bonds. The summed E-state index contributed by atoms with van der Waals surface area (Å²) in [6, 6.07) is 28.8. The first-order valence-electron chi connectivity index (χ1n) is 16.3. The van der Waals surface area contributed by atoms with Crippen LogP contribution in [-0.4, -0.2) is 105 Å². The van der Waals surface area contributed by atoms with Gasteiger partial charge in [-0.25, -0.2) is 0 Å². The van der Waals surface area contributed by atoms with Gasteiger partial charge in [-0.15, -0.1) is 0 Å². The second-order valence-electron chi connectivity index (χ2n) is 11.9. The normalized spacial score (nSPS) is 30.1. The van der Waals surface area contributed by atoms with E-state index in [-0.39, 0.29) is 26.4 Å². The maximum atomic E-state index is 12.0. The largest absolute Gasteiger partial charge is 0.454 e. The van der Waals surface area contributed by atoms with Gasteiger partial charge in [0.25, 0.3) is 0 Å². The summed E-state index contributed by atoms with van der Waals surface area (Å²) in [4.78, 5) is 12.0. The molecule has 12 nitrogen and oxygen atoms in total. The third kappa shape index (κ3) is 10.1. The zero-order valence-electron chi connectivity index (χ0n) is 27.9. The summed E-state index contributed by atoms with van der Waals surface area (Å²) in [6.07, 6.45) is -10.6. The van der Waals surface area contributed by atoms with Gasteiger partial charge in [0.1, 0.15) is 42.7 Å². The van der Waals surface area contributed by atoms with Gasteiger partial charge in [-0.1, -0.05) is 91.0 Å². The lowest BCUT2D eigenvalue weighted by atomic mass is 9.96. The Labute approximate surface area is 286 Å². The summed E-state index contributed by atoms with van der Waals surface area (Å²) in [6.45, 7) is 1.99. The van der Waals surface area contributed by atoms with Gasteiger partial charge in [0.2, 0.25) is 0 Å². The smallest absolute Gasteiger partial charge is 0.303 e. The number of carbonyl (C=O) groups excluding carboxylic acids is 1. The summed E-state index contributed by atoms with van der Waals surface area (Å²) < 4.78 is 54.4. The van der Waals surface area contributed by atoms with E-state index < -0.39 is 67.4 Å². The van der Waals surface area contributed by atoms with E-state index in [1.165, 1.54) is 21.1 Å². The zero-order valence-corrected chi connectivity index (χ0v) is 27.9. The summed E-state index contributed by atoms with van der Waals surface area (Å²) in [7, 11) is 2.90. The van der Waals surface area contributed by atoms with E-state index >= 15 is 0 Å². The molecule has 5 rings (SSSR count). The molecule has 2 N–H and O–H groups in total. The molecule has 0 aromatic heterocycles. The second-order valence-corrected chi connectivity index (χ2v) is 11.9. The number of carbonyl (C=O) groups is 1. The van der Waals surface area contributed by atoms with Gasteiger partial charge in [-0.05, 0) is 16.7 Å². The number of aliphatic hydroxyl groups is 2. The molecule has 2 fully saturated rings. The fourth-order valence-corrected chi connectivity index (χ4v) is 6.02. The molecule has 3 aromatic carbocycles. The average Bonchev–Trinajstić information content (AvgIpc) is 3.11. The number of hydrogen-bond donors (Lipinski definition) is 2. The van der Waals surface area contributed by atoms with Crippen LogP contribution in [0.1, 0.15) is 23.6 Å². The molecule has 2 saturated heterocycles. The Balaban J connectivity index is 1.39. The van der Waals surface area contributed by atoms with Gasteiger partial charge in [0.15, 0.2) is 18.7 Å². The van der Waals surface area contributed by atoms with Crippen molar-refractivity contribution in [2.45, 2.75) is 88.2 Å². The molecule has 0 saturated carbocycles. The molecule has 0 unspecified atom stereocenters. The predicted molar refractivity (Wildman–Crippen MR) is 175 cm³/mol. The van der Waals surface area contributed by atoms with E-state index in [1.54, 1.807) is 0 Å². The van der Waals surface area contributed by atoms with Crippen molar-refractivity contribution >= 4 is 5.97 Å². The monoisotopic (exact) mass is 682 g/mol. The third-order valence-corrected chi connectivity index (χ3v) is 8.44. The number of rotatable bonds is 16. The second kappa shape index (κ2) is 18.6.